The van der Waals surface area contributed by atoms with Crippen molar-refractivity contribution in [3.8, 4) is 11.6 Å². The summed E-state index contributed by atoms with van der Waals surface area (Å²) in [5.74, 6) is 6.36. The number of rotatable bonds is 10. The third-order valence-electron chi connectivity index (χ3n) is 2.22. The molecule has 1 rings (SSSR count). The van der Waals surface area contributed by atoms with Crippen molar-refractivity contribution in [1.29, 1.82) is 0 Å². The Labute approximate surface area is 112 Å². The lowest BCUT2D eigenvalue weighted by molar-refractivity contribution is 0.0787. The summed E-state index contributed by atoms with van der Waals surface area (Å²) in [5, 5.41) is 0. The van der Waals surface area contributed by atoms with E-state index in [4.69, 9.17) is 24.8 Å². The lowest BCUT2D eigenvalue weighted by Crippen LogP contribution is -2.13. The van der Waals surface area contributed by atoms with Crippen molar-refractivity contribution in [2.75, 3.05) is 46.1 Å². The molecule has 0 aliphatic carbocycles. The minimum absolute atomic E-state index is 0.325. The molecule has 0 unspecified atom stereocenters. The highest BCUT2D eigenvalue weighted by molar-refractivity contribution is 5.54. The zero-order valence-corrected chi connectivity index (χ0v) is 11.2. The average Bonchev–Trinajstić information content (AvgIpc) is 2.45. The second-order valence-electron chi connectivity index (χ2n) is 3.51. The van der Waals surface area contributed by atoms with Crippen LogP contribution in [0.15, 0.2) is 6.33 Å². The van der Waals surface area contributed by atoms with Gasteiger partial charge in [-0.05, 0) is 6.42 Å². The van der Waals surface area contributed by atoms with E-state index in [1.165, 1.54) is 13.4 Å². The SMILES string of the molecule is COCCCOCCOc1ncnc(NN)c1OC. The van der Waals surface area contributed by atoms with Crippen LogP contribution in [-0.2, 0) is 9.47 Å². The standard InChI is InChI=1S/C11H20N4O4/c1-16-4-3-5-18-6-7-19-11-9(17-2)10(15-12)13-8-14-11/h8H,3-7,12H2,1-2H3,(H,13,14,15). The van der Waals surface area contributed by atoms with Crippen molar-refractivity contribution >= 4 is 5.82 Å². The molecule has 19 heavy (non-hydrogen) atoms. The first-order valence-electron chi connectivity index (χ1n) is 5.88. The molecule has 0 fully saturated rings. The molecule has 0 aliphatic rings. The quantitative estimate of drug-likeness (QED) is 0.354. The van der Waals surface area contributed by atoms with E-state index < -0.39 is 0 Å². The summed E-state index contributed by atoms with van der Waals surface area (Å²) in [6.07, 6.45) is 2.20. The fourth-order valence-corrected chi connectivity index (χ4v) is 1.35. The summed E-state index contributed by atoms with van der Waals surface area (Å²) >= 11 is 0. The van der Waals surface area contributed by atoms with Gasteiger partial charge in [-0.2, -0.15) is 4.98 Å². The number of aromatic nitrogens is 2. The number of ether oxygens (including phenoxy) is 4. The van der Waals surface area contributed by atoms with Crippen molar-refractivity contribution in [1.82, 2.24) is 9.97 Å². The maximum Gasteiger partial charge on any atom is 0.262 e. The Morgan fingerprint density at radius 3 is 2.68 bits per heavy atom. The Morgan fingerprint density at radius 1 is 1.16 bits per heavy atom. The molecule has 1 aromatic rings. The van der Waals surface area contributed by atoms with Crippen LogP contribution in [0.4, 0.5) is 5.82 Å². The Morgan fingerprint density at radius 2 is 2.00 bits per heavy atom. The number of nitrogens with two attached hydrogens (primary N) is 1. The van der Waals surface area contributed by atoms with E-state index in [9.17, 15) is 0 Å². The van der Waals surface area contributed by atoms with Crippen molar-refractivity contribution in [2.45, 2.75) is 6.42 Å². The van der Waals surface area contributed by atoms with Crippen LogP contribution in [0.25, 0.3) is 0 Å². The molecular weight excluding hydrogens is 252 g/mol. The van der Waals surface area contributed by atoms with Crippen LogP contribution in [0.1, 0.15) is 6.42 Å². The molecule has 0 aromatic carbocycles. The second kappa shape index (κ2) is 9.31. The number of methoxy groups -OCH3 is 2. The van der Waals surface area contributed by atoms with Crippen LogP contribution in [-0.4, -0.2) is 50.6 Å². The molecule has 0 atom stereocenters. The molecule has 8 nitrogen and oxygen atoms in total. The van der Waals surface area contributed by atoms with Crippen molar-refractivity contribution in [2.24, 2.45) is 5.84 Å². The number of nitrogen functional groups attached to an aromatic ring is 1. The topological polar surface area (TPSA) is 101 Å². The van der Waals surface area contributed by atoms with E-state index in [0.717, 1.165) is 6.42 Å². The van der Waals surface area contributed by atoms with E-state index in [-0.39, 0.29) is 0 Å². The van der Waals surface area contributed by atoms with Gasteiger partial charge in [0.2, 0.25) is 5.75 Å². The van der Waals surface area contributed by atoms with E-state index in [2.05, 4.69) is 15.4 Å². The molecule has 0 bridgehead atoms. The zero-order valence-electron chi connectivity index (χ0n) is 11.2. The van der Waals surface area contributed by atoms with Gasteiger partial charge in [0, 0.05) is 20.3 Å². The Bertz CT molecular complexity index is 365. The first kappa shape index (κ1) is 15.4. The third-order valence-corrected chi connectivity index (χ3v) is 2.22. The van der Waals surface area contributed by atoms with E-state index >= 15 is 0 Å². The van der Waals surface area contributed by atoms with Gasteiger partial charge in [-0.3, -0.25) is 0 Å². The molecule has 0 amide bonds. The van der Waals surface area contributed by atoms with Gasteiger partial charge in [-0.1, -0.05) is 0 Å². The van der Waals surface area contributed by atoms with Crippen LogP contribution in [0.5, 0.6) is 11.6 Å². The highest BCUT2D eigenvalue weighted by atomic mass is 16.5. The smallest absolute Gasteiger partial charge is 0.262 e. The fourth-order valence-electron chi connectivity index (χ4n) is 1.35. The minimum Gasteiger partial charge on any atom is -0.489 e. The maximum absolute atomic E-state index is 5.45. The van der Waals surface area contributed by atoms with Gasteiger partial charge < -0.3 is 24.4 Å². The van der Waals surface area contributed by atoms with Crippen LogP contribution in [0.2, 0.25) is 0 Å². The van der Waals surface area contributed by atoms with Gasteiger partial charge >= 0.3 is 0 Å². The largest absolute Gasteiger partial charge is 0.489 e. The molecular formula is C11H20N4O4. The highest BCUT2D eigenvalue weighted by Crippen LogP contribution is 2.29. The van der Waals surface area contributed by atoms with Gasteiger partial charge in [0.15, 0.2) is 5.82 Å². The van der Waals surface area contributed by atoms with Crippen molar-refractivity contribution < 1.29 is 18.9 Å². The van der Waals surface area contributed by atoms with Crippen molar-refractivity contribution in [3.63, 3.8) is 0 Å². The molecule has 1 heterocycles. The number of hydrogen-bond acceptors (Lipinski definition) is 8. The zero-order chi connectivity index (χ0) is 13.9. The summed E-state index contributed by atoms with van der Waals surface area (Å²) in [7, 11) is 3.15. The van der Waals surface area contributed by atoms with Crippen LogP contribution in [0, 0.1) is 0 Å². The first-order valence-corrected chi connectivity index (χ1v) is 5.88. The number of hydrazine groups is 1. The molecule has 0 saturated heterocycles. The second-order valence-corrected chi connectivity index (χ2v) is 3.51. The normalized spacial score (nSPS) is 10.3. The average molecular weight is 272 g/mol. The predicted octanol–water partition coefficient (Wildman–Crippen LogP) is 0.203. The molecule has 0 aliphatic heterocycles. The van der Waals surface area contributed by atoms with E-state index in [1.807, 2.05) is 0 Å². The Balaban J connectivity index is 2.33. The number of nitrogens with zero attached hydrogens (tertiary/aromatic N) is 2. The van der Waals surface area contributed by atoms with Crippen LogP contribution >= 0.6 is 0 Å². The van der Waals surface area contributed by atoms with Crippen molar-refractivity contribution in [3.05, 3.63) is 6.33 Å². The third kappa shape index (κ3) is 5.25. The molecule has 8 heteroatoms. The summed E-state index contributed by atoms with van der Waals surface area (Å²) in [4.78, 5) is 7.89. The lowest BCUT2D eigenvalue weighted by atomic mass is 10.5. The van der Waals surface area contributed by atoms with Gasteiger partial charge in [0.05, 0.1) is 13.7 Å². The summed E-state index contributed by atoms with van der Waals surface area (Å²) in [6.45, 7) is 2.15. The molecule has 1 aromatic heterocycles. The van der Waals surface area contributed by atoms with E-state index in [0.29, 0.717) is 43.9 Å². The summed E-state index contributed by atoms with van der Waals surface area (Å²) in [5.41, 5.74) is 2.41. The summed E-state index contributed by atoms with van der Waals surface area (Å²) < 4.78 is 20.8. The number of anilines is 1. The fraction of sp³-hybridized carbons (Fsp3) is 0.636. The molecule has 0 saturated carbocycles. The number of hydrogen-bond donors (Lipinski definition) is 2. The highest BCUT2D eigenvalue weighted by Gasteiger charge is 2.12. The van der Waals surface area contributed by atoms with Gasteiger partial charge in [-0.25, -0.2) is 10.8 Å². The first-order chi connectivity index (χ1) is 9.33. The minimum atomic E-state index is 0.325. The molecule has 108 valence electrons. The lowest BCUT2D eigenvalue weighted by Gasteiger charge is -2.11. The number of nitrogens with one attached hydrogen (secondary N) is 1. The Hall–Kier alpha value is -1.64. The van der Waals surface area contributed by atoms with Gasteiger partial charge in [-0.15, -0.1) is 0 Å². The van der Waals surface area contributed by atoms with Gasteiger partial charge in [0.25, 0.3) is 5.88 Å². The monoisotopic (exact) mass is 272 g/mol. The molecule has 3 N–H and O–H groups in total. The predicted molar refractivity (Wildman–Crippen MR) is 69.2 cm³/mol. The van der Waals surface area contributed by atoms with Gasteiger partial charge in [0.1, 0.15) is 12.9 Å². The van der Waals surface area contributed by atoms with Crippen LogP contribution < -0.4 is 20.7 Å². The van der Waals surface area contributed by atoms with Crippen LogP contribution in [0.3, 0.4) is 0 Å². The maximum atomic E-state index is 5.45. The molecule has 0 spiro atoms. The Kier molecular flexibility index (Phi) is 7.56. The van der Waals surface area contributed by atoms with E-state index in [1.54, 1.807) is 7.11 Å². The summed E-state index contributed by atoms with van der Waals surface area (Å²) in [6, 6.07) is 0. The molecule has 0 radical (unpaired) electrons.